The highest BCUT2D eigenvalue weighted by Gasteiger charge is 1.90. The molecule has 0 unspecified atom stereocenters. The molecule has 0 saturated heterocycles. The van der Waals surface area contributed by atoms with Crippen molar-refractivity contribution in [1.82, 2.24) is 0 Å². The third-order valence-corrected chi connectivity index (χ3v) is 3.46. The summed E-state index contributed by atoms with van der Waals surface area (Å²) in [4.78, 5) is 0. The molecule has 0 amide bonds. The molecule has 18 heavy (non-hydrogen) atoms. The Bertz CT molecular complexity index is 147. The van der Waals surface area contributed by atoms with Crippen molar-refractivity contribution in [2.75, 3.05) is 14.2 Å². The molecule has 0 aliphatic rings. The van der Waals surface area contributed by atoms with Gasteiger partial charge in [-0.1, -0.05) is 78.1 Å². The first-order valence-electron chi connectivity index (χ1n) is 7.34. The van der Waals surface area contributed by atoms with Gasteiger partial charge >= 0.3 is 8.25 Å². The summed E-state index contributed by atoms with van der Waals surface area (Å²) >= 11 is 0. The molecule has 0 aromatic carbocycles. The highest BCUT2D eigenvalue weighted by atomic mass is 31.1. The fourth-order valence-electron chi connectivity index (χ4n) is 1.64. The zero-order chi connectivity index (χ0) is 14.1. The van der Waals surface area contributed by atoms with Crippen molar-refractivity contribution < 1.29 is 13.6 Å². The Morgan fingerprint density at radius 3 is 1.11 bits per heavy atom. The lowest BCUT2D eigenvalue weighted by Crippen LogP contribution is -1.80. The van der Waals surface area contributed by atoms with Crippen molar-refractivity contribution in [2.45, 2.75) is 78.1 Å². The first-order valence-corrected chi connectivity index (χ1v) is 8.57. The van der Waals surface area contributed by atoms with Gasteiger partial charge < -0.3 is 9.05 Å². The van der Waals surface area contributed by atoms with Gasteiger partial charge in [0.05, 0.1) is 0 Å². The molecule has 0 heterocycles. The Hall–Kier alpha value is 0.150. The minimum absolute atomic E-state index is 1.34. The second-order valence-corrected chi connectivity index (χ2v) is 5.80. The van der Waals surface area contributed by atoms with Crippen LogP contribution in [0, 0.1) is 0 Å². The zero-order valence-corrected chi connectivity index (χ0v) is 13.8. The lowest BCUT2D eigenvalue weighted by atomic mass is 10.1. The topological polar surface area (TPSA) is 35.5 Å². The second kappa shape index (κ2) is 19.5. The standard InChI is InChI=1S/C12H26.C2H7O3P/c1-3-5-7-9-11-12-10-8-6-4-2;1-4-6(3)5-2/h3-12H2,1-2H3;6H,1-2H3. The van der Waals surface area contributed by atoms with Crippen molar-refractivity contribution >= 4 is 8.25 Å². The maximum atomic E-state index is 9.92. The number of hydrogen-bond acceptors (Lipinski definition) is 3. The SMILES string of the molecule is CCCCCCCCCCCC.CO[PH](=O)OC. The smallest absolute Gasteiger partial charge is 0.314 e. The van der Waals surface area contributed by atoms with Crippen LogP contribution in [0.25, 0.3) is 0 Å². The molecule has 0 radical (unpaired) electrons. The number of unbranched alkanes of at least 4 members (excludes halogenated alkanes) is 9. The molecule has 0 atom stereocenters. The third-order valence-electron chi connectivity index (χ3n) is 2.79. The Morgan fingerprint density at radius 2 is 0.944 bits per heavy atom. The predicted molar refractivity (Wildman–Crippen MR) is 80.5 cm³/mol. The summed E-state index contributed by atoms with van der Waals surface area (Å²) < 4.78 is 18.4. The van der Waals surface area contributed by atoms with E-state index in [-0.39, 0.29) is 0 Å². The van der Waals surface area contributed by atoms with E-state index in [1.807, 2.05) is 0 Å². The first-order chi connectivity index (χ1) is 8.72. The van der Waals surface area contributed by atoms with E-state index in [9.17, 15) is 4.57 Å². The zero-order valence-electron chi connectivity index (χ0n) is 12.8. The molecule has 0 fully saturated rings. The van der Waals surface area contributed by atoms with E-state index in [2.05, 4.69) is 22.9 Å². The first kappa shape index (κ1) is 20.5. The Balaban J connectivity index is 0. The van der Waals surface area contributed by atoms with Gasteiger partial charge in [0.15, 0.2) is 0 Å². The van der Waals surface area contributed by atoms with Gasteiger partial charge in [0.25, 0.3) is 0 Å². The third kappa shape index (κ3) is 21.4. The lowest BCUT2D eigenvalue weighted by Gasteiger charge is -1.99. The van der Waals surface area contributed by atoms with E-state index in [4.69, 9.17) is 0 Å². The van der Waals surface area contributed by atoms with E-state index in [1.165, 1.54) is 78.4 Å². The van der Waals surface area contributed by atoms with E-state index in [1.54, 1.807) is 0 Å². The van der Waals surface area contributed by atoms with Crippen molar-refractivity contribution in [1.29, 1.82) is 0 Å². The highest BCUT2D eigenvalue weighted by Crippen LogP contribution is 2.18. The van der Waals surface area contributed by atoms with E-state index < -0.39 is 8.25 Å². The average molecular weight is 280 g/mol. The second-order valence-electron chi connectivity index (χ2n) is 4.49. The van der Waals surface area contributed by atoms with Crippen molar-refractivity contribution in [3.05, 3.63) is 0 Å². The Morgan fingerprint density at radius 1 is 0.667 bits per heavy atom. The van der Waals surface area contributed by atoms with Crippen LogP contribution >= 0.6 is 8.25 Å². The quantitative estimate of drug-likeness (QED) is 0.365. The van der Waals surface area contributed by atoms with Crippen molar-refractivity contribution in [3.8, 4) is 0 Å². The highest BCUT2D eigenvalue weighted by molar-refractivity contribution is 7.33. The average Bonchev–Trinajstić information content (AvgIpc) is 2.41. The molecule has 0 aromatic heterocycles. The molecule has 112 valence electrons. The van der Waals surface area contributed by atoms with Gasteiger partial charge in [-0.15, -0.1) is 0 Å². The summed E-state index contributed by atoms with van der Waals surface area (Å²) in [6.45, 7) is 4.56. The largest absolute Gasteiger partial charge is 0.318 e. The van der Waals surface area contributed by atoms with Crippen LogP contribution in [0.3, 0.4) is 0 Å². The van der Waals surface area contributed by atoms with Crippen molar-refractivity contribution in [3.63, 3.8) is 0 Å². The van der Waals surface area contributed by atoms with Crippen LogP contribution in [-0.4, -0.2) is 14.2 Å². The molecule has 0 bridgehead atoms. The van der Waals surface area contributed by atoms with Crippen LogP contribution < -0.4 is 0 Å². The van der Waals surface area contributed by atoms with Crippen LogP contribution in [0.4, 0.5) is 0 Å². The minimum atomic E-state index is -2.12. The van der Waals surface area contributed by atoms with Crippen LogP contribution in [0.5, 0.6) is 0 Å². The molecule has 0 aliphatic carbocycles. The van der Waals surface area contributed by atoms with Crippen LogP contribution in [0.1, 0.15) is 78.1 Å². The van der Waals surface area contributed by atoms with Gasteiger partial charge in [0.2, 0.25) is 0 Å². The van der Waals surface area contributed by atoms with Crippen LogP contribution in [0.15, 0.2) is 0 Å². The number of rotatable bonds is 11. The summed E-state index contributed by atoms with van der Waals surface area (Å²) in [6, 6.07) is 0. The maximum absolute atomic E-state index is 9.92. The number of hydrogen-bond donors (Lipinski definition) is 0. The van der Waals surface area contributed by atoms with Crippen LogP contribution in [-0.2, 0) is 13.6 Å². The fourth-order valence-corrected chi connectivity index (χ4v) is 1.81. The van der Waals surface area contributed by atoms with Gasteiger partial charge in [0.1, 0.15) is 0 Å². The molecular weight excluding hydrogens is 247 g/mol. The summed E-state index contributed by atoms with van der Waals surface area (Å²) in [5.74, 6) is 0. The van der Waals surface area contributed by atoms with Gasteiger partial charge in [-0.05, 0) is 0 Å². The summed E-state index contributed by atoms with van der Waals surface area (Å²) in [7, 11) is 0.558. The Kier molecular flexibility index (Phi) is 22.2. The van der Waals surface area contributed by atoms with Crippen LogP contribution in [0.2, 0.25) is 0 Å². The van der Waals surface area contributed by atoms with E-state index >= 15 is 0 Å². The molecule has 0 aromatic rings. The van der Waals surface area contributed by atoms with Gasteiger partial charge in [0, 0.05) is 14.2 Å². The van der Waals surface area contributed by atoms with Gasteiger partial charge in [-0.25, -0.2) is 0 Å². The normalized spacial score (nSPS) is 10.3. The molecule has 0 N–H and O–H groups in total. The Labute approximate surface area is 115 Å². The van der Waals surface area contributed by atoms with Gasteiger partial charge in [-0.2, -0.15) is 0 Å². The molecule has 0 aliphatic heterocycles. The maximum Gasteiger partial charge on any atom is 0.318 e. The predicted octanol–water partition coefficient (Wildman–Crippen LogP) is 5.60. The van der Waals surface area contributed by atoms with E-state index in [0.29, 0.717) is 0 Å². The lowest BCUT2D eigenvalue weighted by molar-refractivity contribution is 0.302. The molecule has 0 rings (SSSR count). The molecule has 0 saturated carbocycles. The summed E-state index contributed by atoms with van der Waals surface area (Å²) in [6.07, 6.45) is 14.4. The van der Waals surface area contributed by atoms with E-state index in [0.717, 1.165) is 0 Å². The molecule has 3 nitrogen and oxygen atoms in total. The molecule has 0 spiro atoms. The van der Waals surface area contributed by atoms with Crippen molar-refractivity contribution in [2.24, 2.45) is 0 Å². The minimum Gasteiger partial charge on any atom is -0.314 e. The van der Waals surface area contributed by atoms with Gasteiger partial charge in [-0.3, -0.25) is 4.57 Å². The summed E-state index contributed by atoms with van der Waals surface area (Å²) in [5.41, 5.74) is 0. The molecule has 4 heteroatoms. The fraction of sp³-hybridized carbons (Fsp3) is 1.00. The molecular formula is C14H33O3P. The monoisotopic (exact) mass is 280 g/mol. The summed E-state index contributed by atoms with van der Waals surface area (Å²) in [5, 5.41) is 0.